The Hall–Kier alpha value is -1.17. The summed E-state index contributed by atoms with van der Waals surface area (Å²) in [5.74, 6) is 1.14. The van der Waals surface area contributed by atoms with Gasteiger partial charge in [0, 0.05) is 30.0 Å². The molecule has 1 amide bonds. The van der Waals surface area contributed by atoms with Crippen LogP contribution in [0.3, 0.4) is 0 Å². The van der Waals surface area contributed by atoms with Crippen LogP contribution in [-0.2, 0) is 4.79 Å². The summed E-state index contributed by atoms with van der Waals surface area (Å²) in [5.41, 5.74) is -0.206. The van der Waals surface area contributed by atoms with Crippen LogP contribution in [0.1, 0.15) is 46.4 Å². The molecule has 0 aromatic carbocycles. The van der Waals surface area contributed by atoms with E-state index in [1.807, 2.05) is 32.7 Å². The van der Waals surface area contributed by atoms with Crippen LogP contribution in [-0.4, -0.2) is 34.4 Å². The number of carbonyl (C=O) groups excluding carboxylic acids is 1. The number of rotatable bonds is 4. The van der Waals surface area contributed by atoms with E-state index in [0.717, 1.165) is 11.0 Å². The molecule has 0 spiro atoms. The smallest absolute Gasteiger partial charge is 0.239 e. The number of hydrogen-bond donors (Lipinski definition) is 1. The molecule has 1 N–H and O–H groups in total. The van der Waals surface area contributed by atoms with Crippen LogP contribution in [0.25, 0.3) is 0 Å². The van der Waals surface area contributed by atoms with Crippen molar-refractivity contribution in [3.8, 4) is 0 Å². The first-order chi connectivity index (χ1) is 8.19. The second-order valence-electron chi connectivity index (χ2n) is 5.74. The maximum atomic E-state index is 11.8. The van der Waals surface area contributed by atoms with E-state index in [4.69, 9.17) is 0 Å². The molecule has 6 heteroatoms. The Bertz CT molecular complexity index is 408. The predicted octanol–water partition coefficient (Wildman–Crippen LogP) is 2.01. The van der Waals surface area contributed by atoms with Crippen molar-refractivity contribution in [2.75, 3.05) is 18.5 Å². The third-order valence-corrected chi connectivity index (χ3v) is 3.01. The van der Waals surface area contributed by atoms with E-state index < -0.39 is 0 Å². The van der Waals surface area contributed by atoms with Gasteiger partial charge in [-0.05, 0) is 20.8 Å². The summed E-state index contributed by atoms with van der Waals surface area (Å²) in [7, 11) is 1.85. The lowest BCUT2D eigenvalue weighted by atomic mass is 10.1. The zero-order valence-electron chi connectivity index (χ0n) is 11.9. The molecular formula is C12H22N4OS. The van der Waals surface area contributed by atoms with Crippen LogP contribution in [0.2, 0.25) is 0 Å². The molecule has 0 unspecified atom stereocenters. The van der Waals surface area contributed by atoms with Gasteiger partial charge in [0.25, 0.3) is 0 Å². The predicted molar refractivity (Wildman–Crippen MR) is 75.2 cm³/mol. The fourth-order valence-electron chi connectivity index (χ4n) is 1.36. The molecule has 0 radical (unpaired) electrons. The molecule has 1 aromatic rings. The maximum absolute atomic E-state index is 11.8. The SMILES string of the molecule is CC(C)c1nsc(N(C)CC(=O)NC(C)(C)C)n1. The second kappa shape index (κ2) is 5.65. The summed E-state index contributed by atoms with van der Waals surface area (Å²) in [4.78, 5) is 18.0. The minimum absolute atomic E-state index is 0.00806. The standard InChI is InChI=1S/C12H22N4OS/c1-8(2)10-13-11(18-15-10)16(6)7-9(17)14-12(3,4)5/h8H,7H2,1-6H3,(H,14,17). The number of likely N-dealkylation sites (N-methyl/N-ethyl adjacent to an activating group) is 1. The Labute approximate surface area is 113 Å². The van der Waals surface area contributed by atoms with Gasteiger partial charge < -0.3 is 10.2 Å². The van der Waals surface area contributed by atoms with Gasteiger partial charge in [0.05, 0.1) is 6.54 Å². The molecule has 0 aliphatic rings. The molecule has 1 aromatic heterocycles. The number of carbonyl (C=O) groups is 1. The Morgan fingerprint density at radius 2 is 2.06 bits per heavy atom. The van der Waals surface area contributed by atoms with Crippen LogP contribution in [0, 0.1) is 0 Å². The van der Waals surface area contributed by atoms with Crippen molar-refractivity contribution in [1.82, 2.24) is 14.7 Å². The third kappa shape index (κ3) is 4.60. The first kappa shape index (κ1) is 14.9. The highest BCUT2D eigenvalue weighted by atomic mass is 32.1. The van der Waals surface area contributed by atoms with Crippen molar-refractivity contribution in [1.29, 1.82) is 0 Å². The monoisotopic (exact) mass is 270 g/mol. The summed E-state index contributed by atoms with van der Waals surface area (Å²) in [6.45, 7) is 10.3. The van der Waals surface area contributed by atoms with Gasteiger partial charge in [-0.3, -0.25) is 4.79 Å². The molecule has 5 nitrogen and oxygen atoms in total. The van der Waals surface area contributed by atoms with Crippen molar-refractivity contribution in [3.63, 3.8) is 0 Å². The highest BCUT2D eigenvalue weighted by molar-refractivity contribution is 7.09. The highest BCUT2D eigenvalue weighted by Gasteiger charge is 2.17. The van der Waals surface area contributed by atoms with Crippen molar-refractivity contribution in [2.24, 2.45) is 0 Å². The van der Waals surface area contributed by atoms with E-state index in [1.54, 1.807) is 0 Å². The van der Waals surface area contributed by atoms with Crippen LogP contribution in [0.15, 0.2) is 0 Å². The minimum atomic E-state index is -0.206. The Morgan fingerprint density at radius 1 is 1.44 bits per heavy atom. The van der Waals surface area contributed by atoms with Gasteiger partial charge >= 0.3 is 0 Å². The molecule has 0 bridgehead atoms. The molecule has 18 heavy (non-hydrogen) atoms. The Morgan fingerprint density at radius 3 is 2.50 bits per heavy atom. The Balaban J connectivity index is 2.59. The molecule has 0 saturated heterocycles. The first-order valence-corrected chi connectivity index (χ1v) is 6.82. The van der Waals surface area contributed by atoms with E-state index >= 15 is 0 Å². The fraction of sp³-hybridized carbons (Fsp3) is 0.750. The summed E-state index contributed by atoms with van der Waals surface area (Å²) in [6, 6.07) is 0. The lowest BCUT2D eigenvalue weighted by Crippen LogP contribution is -2.45. The van der Waals surface area contributed by atoms with E-state index in [2.05, 4.69) is 28.5 Å². The van der Waals surface area contributed by atoms with Gasteiger partial charge in [-0.25, -0.2) is 4.98 Å². The molecular weight excluding hydrogens is 248 g/mol. The number of hydrogen-bond acceptors (Lipinski definition) is 5. The maximum Gasteiger partial charge on any atom is 0.239 e. The molecule has 102 valence electrons. The number of amides is 1. The van der Waals surface area contributed by atoms with Gasteiger partial charge in [-0.1, -0.05) is 13.8 Å². The Kier molecular flexibility index (Phi) is 4.67. The van der Waals surface area contributed by atoms with E-state index in [0.29, 0.717) is 12.5 Å². The average molecular weight is 270 g/mol. The molecule has 0 atom stereocenters. The molecule has 1 heterocycles. The highest BCUT2D eigenvalue weighted by Crippen LogP contribution is 2.20. The van der Waals surface area contributed by atoms with Crippen molar-refractivity contribution in [2.45, 2.75) is 46.1 Å². The van der Waals surface area contributed by atoms with Crippen LogP contribution in [0.5, 0.6) is 0 Å². The van der Waals surface area contributed by atoms with Crippen molar-refractivity contribution >= 4 is 22.6 Å². The zero-order chi connectivity index (χ0) is 13.9. The summed E-state index contributed by atoms with van der Waals surface area (Å²) < 4.78 is 4.28. The van der Waals surface area contributed by atoms with Crippen molar-refractivity contribution in [3.05, 3.63) is 5.82 Å². The molecule has 0 aliphatic carbocycles. The van der Waals surface area contributed by atoms with E-state index in [-0.39, 0.29) is 11.4 Å². The van der Waals surface area contributed by atoms with E-state index in [9.17, 15) is 4.79 Å². The molecule has 0 aliphatic heterocycles. The van der Waals surface area contributed by atoms with Crippen LogP contribution < -0.4 is 10.2 Å². The molecule has 0 fully saturated rings. The lowest BCUT2D eigenvalue weighted by Gasteiger charge is -2.22. The third-order valence-electron chi connectivity index (χ3n) is 2.17. The van der Waals surface area contributed by atoms with Crippen LogP contribution in [0.4, 0.5) is 5.13 Å². The van der Waals surface area contributed by atoms with Gasteiger partial charge in [0.15, 0.2) is 0 Å². The number of nitrogens with zero attached hydrogens (tertiary/aromatic N) is 3. The topological polar surface area (TPSA) is 58.1 Å². The zero-order valence-corrected chi connectivity index (χ0v) is 12.8. The largest absolute Gasteiger partial charge is 0.350 e. The van der Waals surface area contributed by atoms with Crippen LogP contribution >= 0.6 is 11.5 Å². The lowest BCUT2D eigenvalue weighted by molar-refractivity contribution is -0.121. The van der Waals surface area contributed by atoms with Gasteiger partial charge in [-0.2, -0.15) is 4.37 Å². The van der Waals surface area contributed by atoms with Gasteiger partial charge in [-0.15, -0.1) is 0 Å². The normalized spacial score (nSPS) is 11.7. The number of anilines is 1. The molecule has 1 rings (SSSR count). The second-order valence-corrected chi connectivity index (χ2v) is 6.47. The number of aromatic nitrogens is 2. The first-order valence-electron chi connectivity index (χ1n) is 6.05. The quantitative estimate of drug-likeness (QED) is 0.909. The van der Waals surface area contributed by atoms with E-state index in [1.165, 1.54) is 11.5 Å². The number of nitrogens with one attached hydrogen (secondary N) is 1. The van der Waals surface area contributed by atoms with Crippen molar-refractivity contribution < 1.29 is 4.79 Å². The summed E-state index contributed by atoms with van der Waals surface area (Å²) in [5, 5.41) is 3.71. The van der Waals surface area contributed by atoms with Gasteiger partial charge in [0.1, 0.15) is 5.82 Å². The fourth-order valence-corrected chi connectivity index (χ4v) is 2.12. The summed E-state index contributed by atoms with van der Waals surface area (Å²) >= 11 is 1.33. The molecule has 0 saturated carbocycles. The van der Waals surface area contributed by atoms with Gasteiger partial charge in [0.2, 0.25) is 11.0 Å². The minimum Gasteiger partial charge on any atom is -0.350 e. The summed E-state index contributed by atoms with van der Waals surface area (Å²) in [6.07, 6.45) is 0. The average Bonchev–Trinajstić information content (AvgIpc) is 2.62.